The summed E-state index contributed by atoms with van der Waals surface area (Å²) in [6.45, 7) is 3.96. The van der Waals surface area contributed by atoms with Crippen molar-refractivity contribution in [3.8, 4) is 11.5 Å². The Morgan fingerprint density at radius 2 is 1.83 bits per heavy atom. The Hall–Kier alpha value is -2.89. The first kappa shape index (κ1) is 16.5. The number of hydrogen-bond acceptors (Lipinski definition) is 5. The van der Waals surface area contributed by atoms with E-state index in [9.17, 15) is 14.9 Å². The Balaban J connectivity index is 2.07. The van der Waals surface area contributed by atoms with E-state index in [1.54, 1.807) is 43.3 Å². The lowest BCUT2D eigenvalue weighted by Crippen LogP contribution is -2.12. The van der Waals surface area contributed by atoms with Gasteiger partial charge in [-0.1, -0.05) is 6.07 Å². The zero-order valence-electron chi connectivity index (χ0n) is 12.9. The molecule has 0 atom stereocenters. The highest BCUT2D eigenvalue weighted by Crippen LogP contribution is 2.27. The van der Waals surface area contributed by atoms with Crippen LogP contribution in [0.5, 0.6) is 11.5 Å². The van der Waals surface area contributed by atoms with E-state index >= 15 is 0 Å². The average molecular weight is 315 g/mol. The van der Waals surface area contributed by atoms with Crippen LogP contribution in [0.25, 0.3) is 0 Å². The number of rotatable bonds is 7. The van der Waals surface area contributed by atoms with Crippen molar-refractivity contribution in [1.82, 2.24) is 0 Å². The van der Waals surface area contributed by atoms with Crippen molar-refractivity contribution in [2.24, 2.45) is 0 Å². The Labute approximate surface area is 133 Å². The maximum atomic E-state index is 12.1. The number of Topliss-reactive ketones (excluding diaryl/α,β-unsaturated/α-hetero) is 1. The van der Waals surface area contributed by atoms with E-state index in [2.05, 4.69) is 0 Å². The summed E-state index contributed by atoms with van der Waals surface area (Å²) >= 11 is 0. The van der Waals surface area contributed by atoms with E-state index in [1.165, 1.54) is 6.07 Å². The van der Waals surface area contributed by atoms with E-state index < -0.39 is 4.92 Å². The summed E-state index contributed by atoms with van der Waals surface area (Å²) < 4.78 is 10.7. The molecule has 0 unspecified atom stereocenters. The predicted molar refractivity (Wildman–Crippen MR) is 85.3 cm³/mol. The molecule has 23 heavy (non-hydrogen) atoms. The zero-order valence-corrected chi connectivity index (χ0v) is 12.9. The molecular weight excluding hydrogens is 298 g/mol. The van der Waals surface area contributed by atoms with Crippen molar-refractivity contribution in [2.45, 2.75) is 13.8 Å². The minimum absolute atomic E-state index is 0.0919. The lowest BCUT2D eigenvalue weighted by atomic mass is 10.1. The van der Waals surface area contributed by atoms with Gasteiger partial charge in [0.2, 0.25) is 0 Å². The summed E-state index contributed by atoms with van der Waals surface area (Å²) in [6.07, 6.45) is 0. The zero-order chi connectivity index (χ0) is 16.8. The summed E-state index contributed by atoms with van der Waals surface area (Å²) in [4.78, 5) is 22.6. The van der Waals surface area contributed by atoms with Gasteiger partial charge >= 0.3 is 5.69 Å². The Morgan fingerprint density at radius 1 is 1.13 bits per heavy atom. The summed E-state index contributed by atoms with van der Waals surface area (Å²) in [7, 11) is 0. The van der Waals surface area contributed by atoms with Crippen LogP contribution in [0.4, 0.5) is 5.69 Å². The van der Waals surface area contributed by atoms with Gasteiger partial charge in [0, 0.05) is 11.6 Å². The van der Waals surface area contributed by atoms with Crippen LogP contribution in [0, 0.1) is 17.0 Å². The van der Waals surface area contributed by atoms with Crippen LogP contribution in [0.15, 0.2) is 42.5 Å². The van der Waals surface area contributed by atoms with E-state index in [-0.39, 0.29) is 23.8 Å². The molecule has 0 bridgehead atoms. The molecule has 0 N–H and O–H groups in total. The van der Waals surface area contributed by atoms with Crippen molar-refractivity contribution in [3.05, 3.63) is 63.7 Å². The maximum absolute atomic E-state index is 12.1. The molecule has 6 nitrogen and oxygen atoms in total. The van der Waals surface area contributed by atoms with Crippen LogP contribution < -0.4 is 9.47 Å². The van der Waals surface area contributed by atoms with Gasteiger partial charge in [0.25, 0.3) is 0 Å². The fourth-order valence-electron chi connectivity index (χ4n) is 2.02. The number of benzene rings is 2. The minimum atomic E-state index is -0.532. The molecule has 0 saturated heterocycles. The first-order chi connectivity index (χ1) is 11.0. The number of carbonyl (C=O) groups excluding carboxylic acids is 1. The van der Waals surface area contributed by atoms with Gasteiger partial charge in [-0.15, -0.1) is 0 Å². The Kier molecular flexibility index (Phi) is 5.30. The van der Waals surface area contributed by atoms with Gasteiger partial charge in [0.15, 0.2) is 18.1 Å². The summed E-state index contributed by atoms with van der Waals surface area (Å²) in [5.41, 5.74) is 1.12. The number of nitrogens with zero attached hydrogens (tertiary/aromatic N) is 1. The van der Waals surface area contributed by atoms with Gasteiger partial charge in [-0.25, -0.2) is 0 Å². The van der Waals surface area contributed by atoms with Crippen molar-refractivity contribution < 1.29 is 19.2 Å². The lowest BCUT2D eigenvalue weighted by molar-refractivity contribution is -0.385. The van der Waals surface area contributed by atoms with Crippen molar-refractivity contribution in [2.75, 3.05) is 13.2 Å². The molecule has 0 aliphatic rings. The predicted octanol–water partition coefficient (Wildman–Crippen LogP) is 3.56. The second kappa shape index (κ2) is 7.40. The third-order valence-electron chi connectivity index (χ3n) is 3.16. The normalized spacial score (nSPS) is 10.2. The van der Waals surface area contributed by atoms with Gasteiger partial charge in [0.1, 0.15) is 5.75 Å². The molecular formula is C17H17NO5. The molecule has 6 heteroatoms. The van der Waals surface area contributed by atoms with E-state index in [0.717, 1.165) is 5.56 Å². The van der Waals surface area contributed by atoms with Gasteiger partial charge in [-0.3, -0.25) is 14.9 Å². The SMILES string of the molecule is CCOc1ccc(C(=O)COc2cc(C)ccc2[N+](=O)[O-])cc1. The second-order valence-corrected chi connectivity index (χ2v) is 4.90. The largest absolute Gasteiger partial charge is 0.494 e. The molecule has 0 amide bonds. The summed E-state index contributed by atoms with van der Waals surface area (Å²) in [5, 5.41) is 11.0. The van der Waals surface area contributed by atoms with E-state index in [0.29, 0.717) is 17.9 Å². The van der Waals surface area contributed by atoms with Crippen molar-refractivity contribution >= 4 is 11.5 Å². The second-order valence-electron chi connectivity index (χ2n) is 4.90. The Morgan fingerprint density at radius 3 is 2.43 bits per heavy atom. The average Bonchev–Trinajstić information content (AvgIpc) is 2.53. The lowest BCUT2D eigenvalue weighted by Gasteiger charge is -2.08. The van der Waals surface area contributed by atoms with Gasteiger partial charge in [0.05, 0.1) is 11.5 Å². The van der Waals surface area contributed by atoms with E-state index in [4.69, 9.17) is 9.47 Å². The quantitative estimate of drug-likeness (QED) is 0.443. The van der Waals surface area contributed by atoms with Crippen molar-refractivity contribution in [3.63, 3.8) is 0 Å². The topological polar surface area (TPSA) is 78.7 Å². The van der Waals surface area contributed by atoms with Crippen LogP contribution in [-0.2, 0) is 0 Å². The monoisotopic (exact) mass is 315 g/mol. The number of nitro groups is 1. The Bertz CT molecular complexity index is 709. The molecule has 0 saturated carbocycles. The molecule has 0 aliphatic carbocycles. The molecule has 0 aromatic heterocycles. The summed E-state index contributed by atoms with van der Waals surface area (Å²) in [6, 6.07) is 11.2. The standard InChI is InChI=1S/C17H17NO5/c1-3-22-14-7-5-13(6-8-14)16(19)11-23-17-10-12(2)4-9-15(17)18(20)21/h4-10H,3,11H2,1-2H3. The number of ketones is 1. The number of carbonyl (C=O) groups is 1. The third kappa shape index (κ3) is 4.29. The molecule has 0 fully saturated rings. The van der Waals surface area contributed by atoms with Gasteiger partial charge < -0.3 is 9.47 Å². The number of ether oxygens (including phenoxy) is 2. The van der Waals surface area contributed by atoms with Crippen LogP contribution in [0.2, 0.25) is 0 Å². The highest BCUT2D eigenvalue weighted by Gasteiger charge is 2.16. The first-order valence-corrected chi connectivity index (χ1v) is 7.15. The highest BCUT2D eigenvalue weighted by molar-refractivity contribution is 5.97. The van der Waals surface area contributed by atoms with Crippen LogP contribution in [0.3, 0.4) is 0 Å². The molecule has 0 heterocycles. The van der Waals surface area contributed by atoms with Crippen molar-refractivity contribution in [1.29, 1.82) is 0 Å². The molecule has 0 spiro atoms. The van der Waals surface area contributed by atoms with Crippen LogP contribution in [0.1, 0.15) is 22.8 Å². The number of nitro benzene ring substituents is 1. The minimum Gasteiger partial charge on any atom is -0.494 e. The first-order valence-electron chi connectivity index (χ1n) is 7.15. The smallest absolute Gasteiger partial charge is 0.310 e. The molecule has 2 aromatic rings. The highest BCUT2D eigenvalue weighted by atomic mass is 16.6. The van der Waals surface area contributed by atoms with Gasteiger partial charge in [-0.2, -0.15) is 0 Å². The number of hydrogen-bond donors (Lipinski definition) is 0. The molecule has 0 radical (unpaired) electrons. The molecule has 120 valence electrons. The van der Waals surface area contributed by atoms with Crippen LogP contribution in [-0.4, -0.2) is 23.9 Å². The molecule has 2 rings (SSSR count). The van der Waals surface area contributed by atoms with Gasteiger partial charge in [-0.05, 0) is 49.7 Å². The van der Waals surface area contributed by atoms with Crippen LogP contribution >= 0.6 is 0 Å². The molecule has 0 aliphatic heterocycles. The molecule has 2 aromatic carbocycles. The fraction of sp³-hybridized carbons (Fsp3) is 0.235. The van der Waals surface area contributed by atoms with E-state index in [1.807, 2.05) is 6.92 Å². The fourth-order valence-corrected chi connectivity index (χ4v) is 2.02. The third-order valence-corrected chi connectivity index (χ3v) is 3.16. The number of aryl methyl sites for hydroxylation is 1. The maximum Gasteiger partial charge on any atom is 0.310 e. The summed E-state index contributed by atoms with van der Waals surface area (Å²) in [5.74, 6) is 0.512.